The Morgan fingerprint density at radius 3 is 2.69 bits per heavy atom. The van der Waals surface area contributed by atoms with Gasteiger partial charge in [-0.05, 0) is 37.3 Å². The van der Waals surface area contributed by atoms with Crippen LogP contribution in [0.5, 0.6) is 0 Å². The average Bonchev–Trinajstić information content (AvgIpc) is 3.13. The Morgan fingerprint density at radius 1 is 1.15 bits per heavy atom. The van der Waals surface area contributed by atoms with Crippen LogP contribution >= 0.6 is 0 Å². The summed E-state index contributed by atoms with van der Waals surface area (Å²) >= 11 is 0. The molecule has 6 nitrogen and oxygen atoms in total. The molecule has 9 heteroatoms. The van der Waals surface area contributed by atoms with Gasteiger partial charge in [-0.2, -0.15) is 0 Å². The SMILES string of the molecule is Cc1cc(C(=O)Nc2ccc(F)c(F)c2F)nc(NCc2ccco2)n1. The van der Waals surface area contributed by atoms with E-state index in [-0.39, 0.29) is 11.6 Å². The van der Waals surface area contributed by atoms with Crippen LogP contribution in [0, 0.1) is 24.4 Å². The predicted octanol–water partition coefficient (Wildman–Crippen LogP) is 3.66. The maximum Gasteiger partial charge on any atom is 0.274 e. The summed E-state index contributed by atoms with van der Waals surface area (Å²) in [5, 5.41) is 5.06. The van der Waals surface area contributed by atoms with Gasteiger partial charge in [0.1, 0.15) is 11.5 Å². The molecule has 2 aromatic heterocycles. The summed E-state index contributed by atoms with van der Waals surface area (Å²) in [4.78, 5) is 20.4. The number of hydrogen-bond acceptors (Lipinski definition) is 5. The van der Waals surface area contributed by atoms with E-state index >= 15 is 0 Å². The Bertz CT molecular complexity index is 945. The van der Waals surface area contributed by atoms with Crippen molar-refractivity contribution in [3.63, 3.8) is 0 Å². The highest BCUT2D eigenvalue weighted by Crippen LogP contribution is 2.20. The zero-order valence-electron chi connectivity index (χ0n) is 13.5. The van der Waals surface area contributed by atoms with Crippen LogP contribution in [0.1, 0.15) is 21.9 Å². The molecule has 0 radical (unpaired) electrons. The van der Waals surface area contributed by atoms with Gasteiger partial charge in [0, 0.05) is 5.69 Å². The number of aromatic nitrogens is 2. The molecule has 2 N–H and O–H groups in total. The largest absolute Gasteiger partial charge is 0.467 e. The summed E-state index contributed by atoms with van der Waals surface area (Å²) in [6.07, 6.45) is 1.52. The molecule has 1 amide bonds. The first-order chi connectivity index (χ1) is 12.4. The van der Waals surface area contributed by atoms with Gasteiger partial charge >= 0.3 is 0 Å². The number of benzene rings is 1. The number of nitrogens with one attached hydrogen (secondary N) is 2. The van der Waals surface area contributed by atoms with E-state index in [2.05, 4.69) is 20.6 Å². The van der Waals surface area contributed by atoms with Crippen LogP contribution in [0.2, 0.25) is 0 Å². The number of rotatable bonds is 5. The van der Waals surface area contributed by atoms with Crippen LogP contribution in [0.3, 0.4) is 0 Å². The van der Waals surface area contributed by atoms with Crippen molar-refractivity contribution in [2.24, 2.45) is 0 Å². The summed E-state index contributed by atoms with van der Waals surface area (Å²) < 4.78 is 45.1. The summed E-state index contributed by atoms with van der Waals surface area (Å²) in [6.45, 7) is 1.95. The lowest BCUT2D eigenvalue weighted by molar-refractivity contribution is 0.102. The van der Waals surface area contributed by atoms with Gasteiger partial charge in [-0.3, -0.25) is 4.79 Å². The molecule has 0 unspecified atom stereocenters. The zero-order valence-corrected chi connectivity index (χ0v) is 13.5. The van der Waals surface area contributed by atoms with Crippen molar-refractivity contribution in [2.75, 3.05) is 10.6 Å². The minimum absolute atomic E-state index is 0.0661. The van der Waals surface area contributed by atoms with Gasteiger partial charge in [-0.1, -0.05) is 0 Å². The van der Waals surface area contributed by atoms with Crippen LogP contribution < -0.4 is 10.6 Å². The second kappa shape index (κ2) is 7.26. The minimum atomic E-state index is -1.66. The summed E-state index contributed by atoms with van der Waals surface area (Å²) in [5.41, 5.74) is -0.0725. The molecule has 0 aliphatic carbocycles. The number of hydrogen-bond donors (Lipinski definition) is 2. The fourth-order valence-corrected chi connectivity index (χ4v) is 2.15. The fraction of sp³-hybridized carbons (Fsp3) is 0.118. The lowest BCUT2D eigenvalue weighted by Crippen LogP contribution is -2.17. The van der Waals surface area contributed by atoms with Crippen molar-refractivity contribution in [1.29, 1.82) is 0 Å². The number of halogens is 3. The summed E-state index contributed by atoms with van der Waals surface area (Å²) in [7, 11) is 0. The third-order valence-electron chi connectivity index (χ3n) is 3.37. The van der Waals surface area contributed by atoms with Crippen LogP contribution in [-0.2, 0) is 6.54 Å². The molecular formula is C17H13F3N4O2. The normalized spacial score (nSPS) is 10.6. The van der Waals surface area contributed by atoms with Crippen LogP contribution in [-0.4, -0.2) is 15.9 Å². The first-order valence-electron chi connectivity index (χ1n) is 7.51. The second-order valence-electron chi connectivity index (χ2n) is 5.33. The molecule has 3 rings (SSSR count). The first-order valence-corrected chi connectivity index (χ1v) is 7.51. The molecule has 0 fully saturated rings. The maximum absolute atomic E-state index is 13.7. The van der Waals surface area contributed by atoms with Gasteiger partial charge in [-0.25, -0.2) is 23.1 Å². The van der Waals surface area contributed by atoms with Crippen LogP contribution in [0.25, 0.3) is 0 Å². The Morgan fingerprint density at radius 2 is 1.96 bits per heavy atom. The topological polar surface area (TPSA) is 80.0 Å². The van der Waals surface area contributed by atoms with Crippen molar-refractivity contribution >= 4 is 17.5 Å². The first kappa shape index (κ1) is 17.5. The number of aryl methyl sites for hydroxylation is 1. The van der Waals surface area contributed by atoms with Gasteiger partial charge in [0.25, 0.3) is 5.91 Å². The van der Waals surface area contributed by atoms with E-state index in [9.17, 15) is 18.0 Å². The van der Waals surface area contributed by atoms with E-state index in [0.29, 0.717) is 18.0 Å². The second-order valence-corrected chi connectivity index (χ2v) is 5.33. The lowest BCUT2D eigenvalue weighted by Gasteiger charge is -2.09. The van der Waals surface area contributed by atoms with E-state index in [1.165, 1.54) is 12.3 Å². The Hall–Kier alpha value is -3.36. The molecule has 0 aliphatic rings. The smallest absolute Gasteiger partial charge is 0.274 e. The highest BCUT2D eigenvalue weighted by atomic mass is 19.2. The van der Waals surface area contributed by atoms with E-state index in [4.69, 9.17) is 4.42 Å². The standard InChI is InChI=1S/C17H13F3N4O2/c1-9-7-13(24-17(22-9)21-8-10-3-2-6-26-10)16(25)23-12-5-4-11(18)14(19)15(12)20/h2-7H,8H2,1H3,(H,23,25)(H,21,22,24). The molecule has 0 saturated carbocycles. The van der Waals surface area contributed by atoms with Crippen molar-refractivity contribution in [3.05, 3.63) is 71.2 Å². The predicted molar refractivity (Wildman–Crippen MR) is 87.1 cm³/mol. The van der Waals surface area contributed by atoms with E-state index in [1.807, 2.05) is 0 Å². The highest BCUT2D eigenvalue weighted by Gasteiger charge is 2.17. The van der Waals surface area contributed by atoms with Gasteiger partial charge in [0.15, 0.2) is 17.5 Å². The van der Waals surface area contributed by atoms with Crippen LogP contribution in [0.15, 0.2) is 41.0 Å². The van der Waals surface area contributed by atoms with Crippen LogP contribution in [0.4, 0.5) is 24.8 Å². The molecule has 1 aromatic carbocycles. The van der Waals surface area contributed by atoms with E-state index in [1.54, 1.807) is 19.1 Å². The molecule has 0 spiro atoms. The molecule has 134 valence electrons. The molecule has 0 saturated heterocycles. The molecular weight excluding hydrogens is 349 g/mol. The van der Waals surface area contributed by atoms with Crippen molar-refractivity contribution in [3.8, 4) is 0 Å². The number of anilines is 2. The Labute approximate surface area is 146 Å². The monoisotopic (exact) mass is 362 g/mol. The number of carbonyl (C=O) groups is 1. The summed E-state index contributed by atoms with van der Waals surface area (Å²) in [5.74, 6) is -4.48. The Kier molecular flexibility index (Phi) is 4.87. The van der Waals surface area contributed by atoms with Gasteiger partial charge in [-0.15, -0.1) is 0 Å². The fourth-order valence-electron chi connectivity index (χ4n) is 2.15. The molecule has 2 heterocycles. The lowest BCUT2D eigenvalue weighted by atomic mass is 10.2. The number of furan rings is 1. The van der Waals surface area contributed by atoms with E-state index in [0.717, 1.165) is 12.1 Å². The Balaban J connectivity index is 1.78. The van der Waals surface area contributed by atoms with Gasteiger partial charge in [0.05, 0.1) is 18.5 Å². The van der Waals surface area contributed by atoms with Crippen molar-refractivity contribution in [2.45, 2.75) is 13.5 Å². The third kappa shape index (κ3) is 3.82. The molecule has 3 aromatic rings. The molecule has 0 bridgehead atoms. The zero-order chi connectivity index (χ0) is 18.7. The highest BCUT2D eigenvalue weighted by molar-refractivity contribution is 6.03. The molecule has 0 atom stereocenters. The minimum Gasteiger partial charge on any atom is -0.467 e. The number of nitrogens with zero attached hydrogens (tertiary/aromatic N) is 2. The average molecular weight is 362 g/mol. The number of carbonyl (C=O) groups excluding carboxylic acids is 1. The van der Waals surface area contributed by atoms with Crippen molar-refractivity contribution in [1.82, 2.24) is 9.97 Å². The maximum atomic E-state index is 13.7. The molecule has 26 heavy (non-hydrogen) atoms. The van der Waals surface area contributed by atoms with Gasteiger partial charge in [0.2, 0.25) is 5.95 Å². The summed E-state index contributed by atoms with van der Waals surface area (Å²) in [6, 6.07) is 6.50. The van der Waals surface area contributed by atoms with Crippen molar-refractivity contribution < 1.29 is 22.4 Å². The number of amides is 1. The van der Waals surface area contributed by atoms with Gasteiger partial charge < -0.3 is 15.1 Å². The molecule has 0 aliphatic heterocycles. The quantitative estimate of drug-likeness (QED) is 0.677. The third-order valence-corrected chi connectivity index (χ3v) is 3.37. The van der Waals surface area contributed by atoms with E-state index < -0.39 is 29.0 Å².